The van der Waals surface area contributed by atoms with E-state index < -0.39 is 11.6 Å². The summed E-state index contributed by atoms with van der Waals surface area (Å²) >= 11 is 0. The molecule has 2 atom stereocenters. The summed E-state index contributed by atoms with van der Waals surface area (Å²) in [5, 5.41) is 12.3. The van der Waals surface area contributed by atoms with E-state index in [2.05, 4.69) is 41.7 Å². The molecule has 0 aromatic heterocycles. The van der Waals surface area contributed by atoms with Crippen molar-refractivity contribution in [3.8, 4) is 16.9 Å². The first-order valence-corrected chi connectivity index (χ1v) is 16.4. The predicted octanol–water partition coefficient (Wildman–Crippen LogP) is 7.83. The molecule has 1 aliphatic rings. The van der Waals surface area contributed by atoms with Crippen LogP contribution in [0.25, 0.3) is 17.2 Å². The molecule has 2 N–H and O–H groups in total. The van der Waals surface area contributed by atoms with Crippen LogP contribution in [0.3, 0.4) is 0 Å². The highest BCUT2D eigenvalue weighted by atomic mass is 16.5. The fourth-order valence-electron chi connectivity index (χ4n) is 5.85. The lowest BCUT2D eigenvalue weighted by Gasteiger charge is -2.30. The van der Waals surface area contributed by atoms with Crippen LogP contribution in [0, 0.1) is 0 Å². The maximum Gasteiger partial charge on any atom is 0.252 e. The van der Waals surface area contributed by atoms with Crippen molar-refractivity contribution in [1.82, 2.24) is 5.32 Å². The Labute approximate surface area is 282 Å². The van der Waals surface area contributed by atoms with Crippen LogP contribution in [0.1, 0.15) is 41.2 Å². The van der Waals surface area contributed by atoms with E-state index in [-0.39, 0.29) is 12.5 Å². The highest BCUT2D eigenvalue weighted by Gasteiger charge is 2.52. The molecule has 5 aromatic carbocycles. The number of benzene rings is 5. The number of carbonyl (C=O) groups is 1. The minimum absolute atomic E-state index is 0.0741. The van der Waals surface area contributed by atoms with Gasteiger partial charge in [-0.1, -0.05) is 127 Å². The van der Waals surface area contributed by atoms with Gasteiger partial charge in [-0.25, -0.2) is 4.99 Å². The first kappa shape index (κ1) is 32.5. The third-order valence-corrected chi connectivity index (χ3v) is 8.43. The number of ether oxygens (including phenoxy) is 2. The van der Waals surface area contributed by atoms with E-state index in [4.69, 9.17) is 19.6 Å². The number of rotatable bonds is 14. The molecule has 0 bridgehead atoms. The molecule has 0 radical (unpaired) electrons. The minimum Gasteiger partial charge on any atom is -0.494 e. The van der Waals surface area contributed by atoms with E-state index >= 15 is 0 Å². The Hall–Kier alpha value is -5.46. The largest absolute Gasteiger partial charge is 0.494 e. The Bertz CT molecular complexity index is 1810. The normalized spacial score (nSPS) is 17.1. The Morgan fingerprint density at radius 2 is 1.42 bits per heavy atom. The van der Waals surface area contributed by atoms with Crippen LogP contribution in [0.5, 0.6) is 5.75 Å². The summed E-state index contributed by atoms with van der Waals surface area (Å²) in [5.74, 6) is 0.905. The van der Waals surface area contributed by atoms with Crippen LogP contribution >= 0.6 is 0 Å². The topological polar surface area (TPSA) is 80.2 Å². The van der Waals surface area contributed by atoms with Gasteiger partial charge in [-0.15, -0.1) is 0 Å². The van der Waals surface area contributed by atoms with Gasteiger partial charge in [-0.05, 0) is 58.5 Å². The molecule has 1 aliphatic heterocycles. The van der Waals surface area contributed by atoms with Crippen molar-refractivity contribution in [2.45, 2.75) is 30.9 Å². The number of amides is 1. The van der Waals surface area contributed by atoms with Crippen molar-refractivity contribution in [2.75, 3.05) is 19.8 Å². The molecule has 1 heterocycles. The third kappa shape index (κ3) is 7.91. The molecule has 0 saturated carbocycles. The van der Waals surface area contributed by atoms with Gasteiger partial charge >= 0.3 is 0 Å². The van der Waals surface area contributed by atoms with Crippen LogP contribution in [-0.4, -0.2) is 42.2 Å². The molecule has 242 valence electrons. The summed E-state index contributed by atoms with van der Waals surface area (Å²) in [4.78, 5) is 19.6. The zero-order valence-electron chi connectivity index (χ0n) is 26.9. The first-order chi connectivity index (χ1) is 23.6. The van der Waals surface area contributed by atoms with Gasteiger partial charge in [0.2, 0.25) is 5.90 Å². The van der Waals surface area contributed by atoms with Crippen molar-refractivity contribution in [3.05, 3.63) is 168 Å². The highest BCUT2D eigenvalue weighted by Crippen LogP contribution is 2.43. The predicted molar refractivity (Wildman–Crippen MR) is 192 cm³/mol. The van der Waals surface area contributed by atoms with Gasteiger partial charge in [-0.2, -0.15) is 0 Å². The Kier molecular flexibility index (Phi) is 10.8. The van der Waals surface area contributed by atoms with E-state index in [9.17, 15) is 4.79 Å². The van der Waals surface area contributed by atoms with Crippen molar-refractivity contribution in [2.24, 2.45) is 4.99 Å². The van der Waals surface area contributed by atoms with Crippen molar-refractivity contribution in [3.63, 3.8) is 0 Å². The van der Waals surface area contributed by atoms with Gasteiger partial charge in [0.15, 0.2) is 11.6 Å². The molecule has 6 nitrogen and oxygen atoms in total. The SMILES string of the molecule is O=C(NCCc1ccccc1)[C@]1(C/C=C/c2ccccc2)N=C(c2ccc(OCCCO)cc2)O[C@@H]1c1ccc(-c2ccccc2)cc1. The summed E-state index contributed by atoms with van der Waals surface area (Å²) in [6.45, 7) is 0.969. The fraction of sp³-hybridized carbons (Fsp3) is 0.190. The summed E-state index contributed by atoms with van der Waals surface area (Å²) in [6.07, 6.45) is 4.96. The smallest absolute Gasteiger partial charge is 0.252 e. The summed E-state index contributed by atoms with van der Waals surface area (Å²) in [5.41, 5.74) is 4.74. The van der Waals surface area contributed by atoms with Crippen LogP contribution < -0.4 is 10.1 Å². The first-order valence-electron chi connectivity index (χ1n) is 16.4. The number of nitrogens with one attached hydrogen (secondary N) is 1. The van der Waals surface area contributed by atoms with Gasteiger partial charge < -0.3 is 19.9 Å². The lowest BCUT2D eigenvalue weighted by atomic mass is 9.83. The standard InChI is InChI=1S/C42H40N2O4/c45-30-11-31-47-38-25-23-37(24-26-38)40-44-42(28-10-16-32-12-4-1-5-13-32,41(46)43-29-27-33-14-6-2-7-15-33)39(48-40)36-21-19-35(20-22-36)34-17-8-3-9-18-34/h1-10,12-26,39,45H,11,27-31H2,(H,43,46)/b16-10+/t39-,42-/m1/s1. The van der Waals surface area contributed by atoms with E-state index in [0.29, 0.717) is 44.1 Å². The lowest BCUT2D eigenvalue weighted by Crippen LogP contribution is -2.48. The molecule has 6 rings (SSSR count). The average molecular weight is 637 g/mol. The minimum atomic E-state index is -1.26. The Balaban J connectivity index is 1.35. The molecule has 0 unspecified atom stereocenters. The molecular weight excluding hydrogens is 596 g/mol. The quantitative estimate of drug-likeness (QED) is 0.122. The highest BCUT2D eigenvalue weighted by molar-refractivity contribution is 6.01. The Morgan fingerprint density at radius 1 is 0.792 bits per heavy atom. The number of hydrogen-bond donors (Lipinski definition) is 2. The number of aliphatic imine (C=N–C) groups is 1. The molecule has 0 saturated heterocycles. The van der Waals surface area contributed by atoms with E-state index in [1.807, 2.05) is 115 Å². The number of aliphatic hydroxyl groups excluding tert-OH is 1. The number of aliphatic hydroxyl groups is 1. The van der Waals surface area contributed by atoms with E-state index in [1.54, 1.807) is 0 Å². The van der Waals surface area contributed by atoms with Crippen molar-refractivity contribution in [1.29, 1.82) is 0 Å². The average Bonchev–Trinajstić information content (AvgIpc) is 3.54. The maximum absolute atomic E-state index is 14.5. The second-order valence-electron chi connectivity index (χ2n) is 11.8. The van der Waals surface area contributed by atoms with Crippen LogP contribution in [0.4, 0.5) is 0 Å². The van der Waals surface area contributed by atoms with Crippen molar-refractivity contribution >= 4 is 17.9 Å². The van der Waals surface area contributed by atoms with Crippen LogP contribution in [-0.2, 0) is 16.0 Å². The second kappa shape index (κ2) is 15.9. The Morgan fingerprint density at radius 3 is 2.10 bits per heavy atom. The van der Waals surface area contributed by atoms with Gasteiger partial charge in [0.05, 0.1) is 6.61 Å². The van der Waals surface area contributed by atoms with Gasteiger partial charge in [-0.3, -0.25) is 4.79 Å². The fourth-order valence-corrected chi connectivity index (χ4v) is 5.85. The summed E-state index contributed by atoms with van der Waals surface area (Å²) in [7, 11) is 0. The number of hydrogen-bond acceptors (Lipinski definition) is 5. The van der Waals surface area contributed by atoms with Crippen LogP contribution in [0.2, 0.25) is 0 Å². The molecule has 0 fully saturated rings. The van der Waals surface area contributed by atoms with Gasteiger partial charge in [0.25, 0.3) is 5.91 Å². The molecule has 0 aliphatic carbocycles. The van der Waals surface area contributed by atoms with Crippen molar-refractivity contribution < 1.29 is 19.4 Å². The van der Waals surface area contributed by atoms with Gasteiger partial charge in [0.1, 0.15) is 5.75 Å². The zero-order chi connectivity index (χ0) is 33.0. The zero-order valence-corrected chi connectivity index (χ0v) is 26.9. The molecule has 1 amide bonds. The third-order valence-electron chi connectivity index (χ3n) is 8.43. The number of carbonyl (C=O) groups excluding carboxylic acids is 1. The van der Waals surface area contributed by atoms with E-state index in [0.717, 1.165) is 33.4 Å². The monoisotopic (exact) mass is 636 g/mol. The molecular formula is C42H40N2O4. The van der Waals surface area contributed by atoms with Crippen LogP contribution in [0.15, 0.2) is 151 Å². The lowest BCUT2D eigenvalue weighted by molar-refractivity contribution is -0.128. The molecule has 48 heavy (non-hydrogen) atoms. The molecule has 6 heteroatoms. The summed E-state index contributed by atoms with van der Waals surface area (Å²) in [6, 6.07) is 46.1. The number of nitrogens with zero attached hydrogens (tertiary/aromatic N) is 1. The molecule has 0 spiro atoms. The van der Waals surface area contributed by atoms with Gasteiger partial charge in [0, 0.05) is 31.6 Å². The van der Waals surface area contributed by atoms with E-state index in [1.165, 1.54) is 0 Å². The maximum atomic E-state index is 14.5. The summed E-state index contributed by atoms with van der Waals surface area (Å²) < 4.78 is 12.4. The second-order valence-corrected chi connectivity index (χ2v) is 11.8. The molecule has 5 aromatic rings.